The maximum absolute atomic E-state index is 14.2. The van der Waals surface area contributed by atoms with E-state index in [0.29, 0.717) is 7.11 Å². The molecule has 0 aliphatic carbocycles. The highest BCUT2D eigenvalue weighted by atomic mass is 31.2. The van der Waals surface area contributed by atoms with E-state index in [4.69, 9.17) is 10.00 Å². The smallest absolute Gasteiger partial charge is 0.436 e. The topological polar surface area (TPSA) is 87.1 Å². The molecule has 1 aromatic carbocycles. The standard InChI is InChI=1S/C10H12F2NO5P/c1-18-19(16,17)13(12)10(11,9(14)15)7-8-5-3-2-4-6-8/h2-6H,7H2,1H3,(H,14,15)(H,16,17)/t10-/m0/s1. The van der Waals surface area contributed by atoms with Crippen LogP contribution in [0.5, 0.6) is 0 Å². The first-order valence-electron chi connectivity index (χ1n) is 5.05. The van der Waals surface area contributed by atoms with E-state index in [0.717, 1.165) is 0 Å². The summed E-state index contributed by atoms with van der Waals surface area (Å²) in [6, 6.07) is 7.31. The number of carbonyl (C=O) groups is 1. The average molecular weight is 295 g/mol. The molecule has 2 N–H and O–H groups in total. The molecule has 0 fully saturated rings. The number of carboxylic acid groups (broad SMARTS) is 1. The average Bonchev–Trinajstić information content (AvgIpc) is 2.38. The number of hydrogen-bond acceptors (Lipinski definition) is 3. The molecule has 0 amide bonds. The molecule has 0 aromatic heterocycles. The van der Waals surface area contributed by atoms with Crippen molar-refractivity contribution in [3.8, 4) is 0 Å². The predicted molar refractivity (Wildman–Crippen MR) is 61.4 cm³/mol. The number of carboxylic acids is 1. The Morgan fingerprint density at radius 1 is 1.47 bits per heavy atom. The molecule has 0 bridgehead atoms. The van der Waals surface area contributed by atoms with Crippen molar-refractivity contribution in [2.24, 2.45) is 0 Å². The van der Waals surface area contributed by atoms with Crippen LogP contribution in [0.15, 0.2) is 30.3 Å². The Morgan fingerprint density at radius 3 is 2.42 bits per heavy atom. The summed E-state index contributed by atoms with van der Waals surface area (Å²) in [7, 11) is -4.50. The van der Waals surface area contributed by atoms with Crippen LogP contribution in [0.3, 0.4) is 0 Å². The Kier molecular flexibility index (Phi) is 4.75. The Bertz CT molecular complexity index is 500. The lowest BCUT2D eigenvalue weighted by atomic mass is 10.1. The maximum Gasteiger partial charge on any atom is 0.436 e. The Morgan fingerprint density at radius 2 is 2.00 bits per heavy atom. The molecule has 0 aliphatic heterocycles. The molecule has 0 heterocycles. The van der Waals surface area contributed by atoms with Crippen molar-refractivity contribution >= 4 is 13.7 Å². The summed E-state index contributed by atoms with van der Waals surface area (Å²) < 4.78 is 42.9. The van der Waals surface area contributed by atoms with Gasteiger partial charge in [-0.05, 0) is 5.56 Å². The minimum Gasteiger partial charge on any atom is -0.478 e. The fourth-order valence-electron chi connectivity index (χ4n) is 1.36. The minimum absolute atomic E-state index is 0.145. The van der Waals surface area contributed by atoms with Gasteiger partial charge in [-0.3, -0.25) is 4.52 Å². The number of hydrogen-bond donors (Lipinski definition) is 2. The molecule has 1 unspecified atom stereocenters. The summed E-state index contributed by atoms with van der Waals surface area (Å²) in [5.41, 5.74) is 0.145. The highest BCUT2D eigenvalue weighted by Crippen LogP contribution is 2.51. The molecule has 0 aliphatic rings. The lowest BCUT2D eigenvalue weighted by Gasteiger charge is -2.28. The second-order valence-corrected chi connectivity index (χ2v) is 5.36. The van der Waals surface area contributed by atoms with Gasteiger partial charge in [-0.25, -0.2) is 13.8 Å². The van der Waals surface area contributed by atoms with Gasteiger partial charge in [-0.2, -0.15) is 0 Å². The van der Waals surface area contributed by atoms with Gasteiger partial charge in [0, 0.05) is 18.4 Å². The molecule has 106 valence electrons. The third-order valence-electron chi connectivity index (χ3n) is 2.36. The first-order valence-corrected chi connectivity index (χ1v) is 6.58. The van der Waals surface area contributed by atoms with Crippen LogP contribution in [0.2, 0.25) is 0 Å². The monoisotopic (exact) mass is 295 g/mol. The van der Waals surface area contributed by atoms with Gasteiger partial charge in [-0.15, -0.1) is 4.48 Å². The Hall–Kier alpha value is -1.34. The molecule has 9 heteroatoms. The van der Waals surface area contributed by atoms with Crippen molar-refractivity contribution in [1.29, 1.82) is 0 Å². The predicted octanol–water partition coefficient (Wildman–Crippen LogP) is 1.91. The normalized spacial score (nSPS) is 17.7. The SMILES string of the molecule is COP(=O)(O)N(F)[C@@](F)(Cc1ccccc1)C(=O)O. The first-order chi connectivity index (χ1) is 8.74. The number of alkyl halides is 1. The molecule has 0 radical (unpaired) electrons. The lowest BCUT2D eigenvalue weighted by Crippen LogP contribution is -2.47. The van der Waals surface area contributed by atoms with E-state index in [1.54, 1.807) is 6.07 Å². The number of benzene rings is 1. The summed E-state index contributed by atoms with van der Waals surface area (Å²) in [5.74, 6) is -5.94. The van der Waals surface area contributed by atoms with E-state index in [2.05, 4.69) is 4.52 Å². The van der Waals surface area contributed by atoms with Crippen LogP contribution in [0.25, 0.3) is 0 Å². The van der Waals surface area contributed by atoms with Gasteiger partial charge in [-0.1, -0.05) is 30.3 Å². The van der Waals surface area contributed by atoms with Crippen LogP contribution in [0, 0.1) is 0 Å². The zero-order chi connectivity index (χ0) is 14.7. The lowest BCUT2D eigenvalue weighted by molar-refractivity contribution is -0.178. The number of aliphatic carboxylic acids is 1. The summed E-state index contributed by atoms with van der Waals surface area (Å²) in [4.78, 5) is 18.6. The number of nitrogens with zero attached hydrogens (tertiary/aromatic N) is 1. The van der Waals surface area contributed by atoms with Crippen LogP contribution in [0.1, 0.15) is 5.56 Å². The third-order valence-corrected chi connectivity index (χ3v) is 3.60. The minimum atomic E-state index is -5.17. The Balaban J connectivity index is 3.11. The van der Waals surface area contributed by atoms with Crippen LogP contribution >= 0.6 is 7.75 Å². The van der Waals surface area contributed by atoms with Gasteiger partial charge < -0.3 is 10.00 Å². The van der Waals surface area contributed by atoms with Gasteiger partial charge in [0.1, 0.15) is 0 Å². The summed E-state index contributed by atoms with van der Waals surface area (Å²) >= 11 is 0. The number of rotatable bonds is 6. The molecule has 1 rings (SSSR count). The second-order valence-electron chi connectivity index (χ2n) is 3.66. The van der Waals surface area contributed by atoms with E-state index in [1.165, 1.54) is 24.3 Å². The molecule has 0 spiro atoms. The molecular formula is C10H12F2NO5P. The highest BCUT2D eigenvalue weighted by Gasteiger charge is 2.54. The van der Waals surface area contributed by atoms with Crippen LogP contribution in [0.4, 0.5) is 8.87 Å². The van der Waals surface area contributed by atoms with E-state index in [1.807, 2.05) is 0 Å². The zero-order valence-electron chi connectivity index (χ0n) is 9.86. The fourth-order valence-corrected chi connectivity index (χ4v) is 2.06. The van der Waals surface area contributed by atoms with Gasteiger partial charge >= 0.3 is 19.5 Å². The maximum atomic E-state index is 14.2. The van der Waals surface area contributed by atoms with Crippen LogP contribution in [-0.4, -0.2) is 33.8 Å². The van der Waals surface area contributed by atoms with Crippen LogP contribution in [-0.2, 0) is 20.3 Å². The van der Waals surface area contributed by atoms with Gasteiger partial charge in [0.25, 0.3) is 0 Å². The van der Waals surface area contributed by atoms with Crippen LogP contribution < -0.4 is 0 Å². The zero-order valence-corrected chi connectivity index (χ0v) is 10.8. The molecule has 6 nitrogen and oxygen atoms in total. The molecular weight excluding hydrogens is 283 g/mol. The van der Waals surface area contributed by atoms with Crippen molar-refractivity contribution in [3.05, 3.63) is 35.9 Å². The van der Waals surface area contributed by atoms with Gasteiger partial charge in [0.15, 0.2) is 0 Å². The van der Waals surface area contributed by atoms with Crippen molar-refractivity contribution in [1.82, 2.24) is 4.89 Å². The Labute approximate surface area is 107 Å². The highest BCUT2D eigenvalue weighted by molar-refractivity contribution is 7.50. The quantitative estimate of drug-likeness (QED) is 0.473. The third kappa shape index (κ3) is 3.36. The van der Waals surface area contributed by atoms with Crippen molar-refractivity contribution in [2.45, 2.75) is 12.2 Å². The molecule has 19 heavy (non-hydrogen) atoms. The van der Waals surface area contributed by atoms with Crippen molar-refractivity contribution in [2.75, 3.05) is 7.11 Å². The van der Waals surface area contributed by atoms with E-state index in [-0.39, 0.29) is 5.56 Å². The van der Waals surface area contributed by atoms with Crippen molar-refractivity contribution in [3.63, 3.8) is 0 Å². The second kappa shape index (κ2) is 5.75. The van der Waals surface area contributed by atoms with E-state index < -0.39 is 30.8 Å². The van der Waals surface area contributed by atoms with Gasteiger partial charge in [0.2, 0.25) is 0 Å². The largest absolute Gasteiger partial charge is 0.478 e. The summed E-state index contributed by atoms with van der Waals surface area (Å²) in [6.07, 6.45) is -0.951. The van der Waals surface area contributed by atoms with Gasteiger partial charge in [0.05, 0.1) is 0 Å². The molecule has 0 saturated heterocycles. The number of halogens is 2. The fraction of sp³-hybridized carbons (Fsp3) is 0.300. The van der Waals surface area contributed by atoms with E-state index >= 15 is 0 Å². The van der Waals surface area contributed by atoms with Crippen molar-refractivity contribution < 1.29 is 32.8 Å². The molecule has 0 saturated carbocycles. The molecule has 1 aromatic rings. The van der Waals surface area contributed by atoms with E-state index in [9.17, 15) is 18.2 Å². The summed E-state index contributed by atoms with van der Waals surface area (Å²) in [6.45, 7) is 0. The molecule has 2 atom stereocenters. The summed E-state index contributed by atoms with van der Waals surface area (Å²) in [5, 5.41) is 8.78. The first kappa shape index (κ1) is 15.7.